The first kappa shape index (κ1) is 12.1. The molecule has 2 rings (SSSR count). The quantitative estimate of drug-likeness (QED) is 0.879. The summed E-state index contributed by atoms with van der Waals surface area (Å²) in [5.41, 5.74) is 1.93. The maximum absolute atomic E-state index is 13.3. The van der Waals surface area contributed by atoms with E-state index >= 15 is 0 Å². The van der Waals surface area contributed by atoms with Crippen LogP contribution in [0.4, 0.5) is 4.39 Å². The van der Waals surface area contributed by atoms with Crippen LogP contribution in [0, 0.1) is 5.82 Å². The van der Waals surface area contributed by atoms with Crippen molar-refractivity contribution in [2.45, 2.75) is 19.5 Å². The number of nitrogens with one attached hydrogen (secondary N) is 2. The van der Waals surface area contributed by atoms with E-state index in [4.69, 9.17) is 11.6 Å². The van der Waals surface area contributed by atoms with Crippen molar-refractivity contribution in [2.75, 3.05) is 0 Å². The van der Waals surface area contributed by atoms with Crippen LogP contribution in [-0.4, -0.2) is 10.2 Å². The van der Waals surface area contributed by atoms with Gasteiger partial charge in [0.25, 0.3) is 0 Å². The van der Waals surface area contributed by atoms with Gasteiger partial charge in [0.2, 0.25) is 0 Å². The number of hydrogen-bond donors (Lipinski definition) is 2. The van der Waals surface area contributed by atoms with Crippen molar-refractivity contribution in [1.29, 1.82) is 0 Å². The van der Waals surface area contributed by atoms with Gasteiger partial charge in [-0.15, -0.1) is 0 Å². The van der Waals surface area contributed by atoms with Crippen LogP contribution in [0.5, 0.6) is 0 Å². The molecule has 2 aromatic rings. The molecule has 3 nitrogen and oxygen atoms in total. The van der Waals surface area contributed by atoms with E-state index in [0.717, 1.165) is 11.1 Å². The molecule has 0 radical (unpaired) electrons. The number of rotatable bonds is 4. The van der Waals surface area contributed by atoms with Gasteiger partial charge in [-0.3, -0.25) is 5.10 Å². The second kappa shape index (κ2) is 5.29. The molecule has 2 N–H and O–H groups in total. The first-order valence-electron chi connectivity index (χ1n) is 5.33. The zero-order valence-electron chi connectivity index (χ0n) is 9.37. The molecule has 0 bridgehead atoms. The molecule has 0 aliphatic carbocycles. The summed E-state index contributed by atoms with van der Waals surface area (Å²) in [6.45, 7) is 2.66. The number of nitrogens with zero attached hydrogens (tertiary/aromatic N) is 1. The van der Waals surface area contributed by atoms with Crippen molar-refractivity contribution in [3.05, 3.63) is 52.6 Å². The molecule has 90 valence electrons. The van der Waals surface area contributed by atoms with Crippen LogP contribution in [0.2, 0.25) is 5.02 Å². The number of benzene rings is 1. The molecule has 0 saturated carbocycles. The Morgan fingerprint density at radius 2 is 2.35 bits per heavy atom. The summed E-state index contributed by atoms with van der Waals surface area (Å²) >= 11 is 5.64. The fraction of sp³-hybridized carbons (Fsp3) is 0.250. The van der Waals surface area contributed by atoms with Crippen molar-refractivity contribution in [3.8, 4) is 0 Å². The highest BCUT2D eigenvalue weighted by Gasteiger charge is 2.08. The topological polar surface area (TPSA) is 40.7 Å². The normalized spacial score (nSPS) is 12.6. The molecule has 5 heteroatoms. The second-order valence-electron chi connectivity index (χ2n) is 3.88. The highest BCUT2D eigenvalue weighted by molar-refractivity contribution is 6.30. The SMILES string of the molecule is CC(NCc1cn[nH]c1)c1ccc(Cl)c(F)c1. The Balaban J connectivity index is 1.99. The minimum absolute atomic E-state index is 0.0525. The molecule has 1 aromatic carbocycles. The molecule has 1 atom stereocenters. The van der Waals surface area contributed by atoms with Crippen molar-refractivity contribution < 1.29 is 4.39 Å². The summed E-state index contributed by atoms with van der Waals surface area (Å²) in [4.78, 5) is 0. The summed E-state index contributed by atoms with van der Waals surface area (Å²) in [6, 6.07) is 4.90. The Bertz CT molecular complexity index is 485. The summed E-state index contributed by atoms with van der Waals surface area (Å²) in [6.07, 6.45) is 3.57. The van der Waals surface area contributed by atoms with Gasteiger partial charge in [0, 0.05) is 24.3 Å². The van der Waals surface area contributed by atoms with E-state index in [1.807, 2.05) is 19.2 Å². The largest absolute Gasteiger partial charge is 0.306 e. The zero-order valence-corrected chi connectivity index (χ0v) is 10.1. The highest BCUT2D eigenvalue weighted by Crippen LogP contribution is 2.20. The summed E-state index contributed by atoms with van der Waals surface area (Å²) in [5, 5.41) is 10.0. The molecule has 1 heterocycles. The third kappa shape index (κ3) is 3.05. The van der Waals surface area contributed by atoms with Crippen molar-refractivity contribution >= 4 is 11.6 Å². The van der Waals surface area contributed by atoms with E-state index < -0.39 is 0 Å². The lowest BCUT2D eigenvalue weighted by molar-refractivity contribution is 0.565. The minimum atomic E-state index is -0.388. The minimum Gasteiger partial charge on any atom is -0.306 e. The molecule has 0 spiro atoms. The lowest BCUT2D eigenvalue weighted by atomic mass is 10.1. The highest BCUT2D eigenvalue weighted by atomic mass is 35.5. The smallest absolute Gasteiger partial charge is 0.142 e. The lowest BCUT2D eigenvalue weighted by Crippen LogP contribution is -2.17. The second-order valence-corrected chi connectivity index (χ2v) is 4.29. The van der Waals surface area contributed by atoms with Crippen LogP contribution in [0.15, 0.2) is 30.6 Å². The molecule has 0 amide bonds. The van der Waals surface area contributed by atoms with Crippen molar-refractivity contribution in [2.24, 2.45) is 0 Å². The average Bonchev–Trinajstić information content (AvgIpc) is 2.82. The Morgan fingerprint density at radius 3 is 3.00 bits per heavy atom. The Kier molecular flexibility index (Phi) is 3.76. The number of hydrogen-bond acceptors (Lipinski definition) is 2. The summed E-state index contributed by atoms with van der Waals surface area (Å²) < 4.78 is 13.3. The van der Waals surface area contributed by atoms with Crippen molar-refractivity contribution in [1.82, 2.24) is 15.5 Å². The molecular formula is C12H13ClFN3. The van der Waals surface area contributed by atoms with Gasteiger partial charge in [-0.2, -0.15) is 5.10 Å². The van der Waals surface area contributed by atoms with E-state index in [2.05, 4.69) is 15.5 Å². The molecule has 1 aromatic heterocycles. The van der Waals surface area contributed by atoms with Crippen LogP contribution in [0.3, 0.4) is 0 Å². The Morgan fingerprint density at radius 1 is 1.53 bits per heavy atom. The standard InChI is InChI=1S/C12H13ClFN3/c1-8(15-5-9-6-16-17-7-9)10-2-3-11(13)12(14)4-10/h2-4,6-8,15H,5H2,1H3,(H,16,17). The van der Waals surface area contributed by atoms with E-state index in [-0.39, 0.29) is 16.9 Å². The van der Waals surface area contributed by atoms with Gasteiger partial charge >= 0.3 is 0 Å². The summed E-state index contributed by atoms with van der Waals surface area (Å²) in [7, 11) is 0. The van der Waals surface area contributed by atoms with E-state index in [0.29, 0.717) is 6.54 Å². The maximum atomic E-state index is 13.3. The van der Waals surface area contributed by atoms with Crippen LogP contribution >= 0.6 is 11.6 Å². The summed E-state index contributed by atoms with van der Waals surface area (Å²) in [5.74, 6) is -0.388. The fourth-order valence-corrected chi connectivity index (χ4v) is 1.66. The van der Waals surface area contributed by atoms with Gasteiger partial charge in [-0.25, -0.2) is 4.39 Å². The van der Waals surface area contributed by atoms with E-state index in [1.54, 1.807) is 12.3 Å². The third-order valence-electron chi connectivity index (χ3n) is 2.61. The first-order chi connectivity index (χ1) is 8.16. The van der Waals surface area contributed by atoms with Crippen LogP contribution in [0.25, 0.3) is 0 Å². The average molecular weight is 254 g/mol. The molecule has 0 saturated heterocycles. The number of halogens is 2. The molecule has 17 heavy (non-hydrogen) atoms. The van der Waals surface area contributed by atoms with Gasteiger partial charge in [-0.05, 0) is 24.6 Å². The number of aromatic amines is 1. The molecule has 1 unspecified atom stereocenters. The monoisotopic (exact) mass is 253 g/mol. The van der Waals surface area contributed by atoms with E-state index in [1.165, 1.54) is 6.07 Å². The van der Waals surface area contributed by atoms with Crippen LogP contribution < -0.4 is 5.32 Å². The molecule has 0 aliphatic rings. The predicted molar refractivity (Wildman–Crippen MR) is 65.3 cm³/mol. The Labute approximate surface area is 104 Å². The number of H-pyrrole nitrogens is 1. The molecule has 0 fully saturated rings. The Hall–Kier alpha value is -1.39. The van der Waals surface area contributed by atoms with Crippen LogP contribution in [0.1, 0.15) is 24.1 Å². The maximum Gasteiger partial charge on any atom is 0.142 e. The predicted octanol–water partition coefficient (Wildman–Crippen LogP) is 3.05. The lowest BCUT2D eigenvalue weighted by Gasteiger charge is -2.13. The zero-order chi connectivity index (χ0) is 12.3. The van der Waals surface area contributed by atoms with Gasteiger partial charge in [-0.1, -0.05) is 17.7 Å². The molecule has 0 aliphatic heterocycles. The van der Waals surface area contributed by atoms with Gasteiger partial charge in [0.05, 0.1) is 11.2 Å². The third-order valence-corrected chi connectivity index (χ3v) is 2.92. The van der Waals surface area contributed by atoms with Gasteiger partial charge in [0.15, 0.2) is 0 Å². The van der Waals surface area contributed by atoms with Crippen molar-refractivity contribution in [3.63, 3.8) is 0 Å². The van der Waals surface area contributed by atoms with E-state index in [9.17, 15) is 4.39 Å². The number of aromatic nitrogens is 2. The fourth-order valence-electron chi connectivity index (χ4n) is 1.54. The van der Waals surface area contributed by atoms with Gasteiger partial charge < -0.3 is 5.32 Å². The molecular weight excluding hydrogens is 241 g/mol. The first-order valence-corrected chi connectivity index (χ1v) is 5.70. The van der Waals surface area contributed by atoms with Gasteiger partial charge in [0.1, 0.15) is 5.82 Å². The van der Waals surface area contributed by atoms with Crippen LogP contribution in [-0.2, 0) is 6.54 Å².